The number of para-hydroxylation sites is 2. The van der Waals surface area contributed by atoms with Crippen LogP contribution < -0.4 is 5.32 Å². The number of nitrogens with zero attached hydrogens (tertiary/aromatic N) is 4. The Morgan fingerprint density at radius 1 is 1.17 bits per heavy atom. The summed E-state index contributed by atoms with van der Waals surface area (Å²) in [7, 11) is 0. The predicted molar refractivity (Wildman–Crippen MR) is 90.6 cm³/mol. The van der Waals surface area contributed by atoms with Crippen LogP contribution >= 0.6 is 11.3 Å². The lowest BCUT2D eigenvalue weighted by Crippen LogP contribution is -2.14. The van der Waals surface area contributed by atoms with Crippen LogP contribution in [-0.4, -0.2) is 26.1 Å². The monoisotopic (exact) mass is 327 g/mol. The van der Waals surface area contributed by atoms with Gasteiger partial charge in [-0.25, -0.2) is 4.98 Å². The third kappa shape index (κ3) is 3.87. The number of aromatic nitrogens is 4. The maximum Gasteiger partial charge on any atom is 0.277 e. The molecule has 6 nitrogen and oxygen atoms in total. The lowest BCUT2D eigenvalue weighted by molar-refractivity contribution is 0.102. The number of hydrogen-bond acceptors (Lipinski definition) is 6. The third-order valence-corrected chi connectivity index (χ3v) is 4.26. The maximum atomic E-state index is 12.3. The summed E-state index contributed by atoms with van der Waals surface area (Å²) in [6.07, 6.45) is 5.81. The molecule has 0 saturated heterocycles. The second-order valence-corrected chi connectivity index (χ2v) is 6.22. The summed E-state index contributed by atoms with van der Waals surface area (Å²) < 4.78 is 0. The minimum Gasteiger partial charge on any atom is -0.295 e. The summed E-state index contributed by atoms with van der Waals surface area (Å²) in [5.74, 6) is -0.320. The van der Waals surface area contributed by atoms with E-state index in [1.165, 1.54) is 30.4 Å². The largest absolute Gasteiger partial charge is 0.295 e. The Morgan fingerprint density at radius 3 is 2.83 bits per heavy atom. The molecule has 2 aromatic heterocycles. The molecule has 0 aliphatic heterocycles. The van der Waals surface area contributed by atoms with Gasteiger partial charge in [-0.1, -0.05) is 43.2 Å². The topological polar surface area (TPSA) is 80.7 Å². The zero-order valence-corrected chi connectivity index (χ0v) is 13.6. The highest BCUT2D eigenvalue weighted by Gasteiger charge is 2.12. The summed E-state index contributed by atoms with van der Waals surface area (Å²) in [5.41, 5.74) is 1.72. The van der Waals surface area contributed by atoms with Gasteiger partial charge in [0.1, 0.15) is 10.7 Å². The highest BCUT2D eigenvalue weighted by molar-refractivity contribution is 7.15. The lowest BCUT2D eigenvalue weighted by Gasteiger charge is -2.01. The summed E-state index contributed by atoms with van der Waals surface area (Å²) in [4.78, 5) is 20.8. The van der Waals surface area contributed by atoms with Gasteiger partial charge in [0.05, 0.1) is 17.2 Å². The molecule has 0 unspecified atom stereocenters. The van der Waals surface area contributed by atoms with E-state index in [2.05, 4.69) is 32.4 Å². The van der Waals surface area contributed by atoms with Crippen molar-refractivity contribution in [3.63, 3.8) is 0 Å². The van der Waals surface area contributed by atoms with Crippen LogP contribution in [-0.2, 0) is 6.42 Å². The highest BCUT2D eigenvalue weighted by Crippen LogP contribution is 2.18. The molecule has 0 spiro atoms. The zero-order chi connectivity index (χ0) is 16.1. The fraction of sp³-hybridized carbons (Fsp3) is 0.312. The molecule has 0 radical (unpaired) electrons. The summed E-state index contributed by atoms with van der Waals surface area (Å²) in [6, 6.07) is 7.44. The smallest absolute Gasteiger partial charge is 0.277 e. The van der Waals surface area contributed by atoms with Gasteiger partial charge in [-0.3, -0.25) is 15.1 Å². The minimum absolute atomic E-state index is 0.270. The molecule has 0 fully saturated rings. The van der Waals surface area contributed by atoms with Crippen molar-refractivity contribution in [1.82, 2.24) is 20.2 Å². The number of aryl methyl sites for hydroxylation is 1. The molecule has 1 amide bonds. The molecule has 0 aliphatic rings. The first-order valence-electron chi connectivity index (χ1n) is 7.62. The predicted octanol–water partition coefficient (Wildman–Crippen LogP) is 3.47. The molecular weight excluding hydrogens is 310 g/mol. The molecule has 23 heavy (non-hydrogen) atoms. The number of benzene rings is 1. The van der Waals surface area contributed by atoms with E-state index in [0.29, 0.717) is 10.6 Å². The van der Waals surface area contributed by atoms with Gasteiger partial charge in [-0.05, 0) is 18.6 Å². The number of unbranched alkanes of at least 4 members (excludes halogenated alkanes) is 2. The van der Waals surface area contributed by atoms with E-state index in [1.807, 2.05) is 24.3 Å². The van der Waals surface area contributed by atoms with Gasteiger partial charge in [0.15, 0.2) is 0 Å². The Morgan fingerprint density at radius 2 is 2.00 bits per heavy atom. The molecule has 3 rings (SSSR count). The quantitative estimate of drug-likeness (QED) is 0.701. The summed E-state index contributed by atoms with van der Waals surface area (Å²) >= 11 is 1.41. The van der Waals surface area contributed by atoms with Crippen LogP contribution in [0.3, 0.4) is 0 Å². The molecule has 0 atom stereocenters. The molecule has 2 heterocycles. The maximum absolute atomic E-state index is 12.3. The standard InChI is InChI=1S/C16H17N5OS/c1-2-3-4-9-14-20-21-16(23-14)19-15(22)13-10-17-11-7-5-6-8-12(11)18-13/h5-8,10H,2-4,9H2,1H3,(H,19,21,22). The van der Waals surface area contributed by atoms with Gasteiger partial charge in [0, 0.05) is 6.42 Å². The first-order valence-corrected chi connectivity index (χ1v) is 8.43. The number of nitrogens with one attached hydrogen (secondary N) is 1. The van der Waals surface area contributed by atoms with Crippen LogP contribution in [0.25, 0.3) is 11.0 Å². The van der Waals surface area contributed by atoms with Gasteiger partial charge in [-0.15, -0.1) is 10.2 Å². The average Bonchev–Trinajstić information content (AvgIpc) is 3.02. The Bertz CT molecular complexity index is 817. The van der Waals surface area contributed by atoms with E-state index < -0.39 is 0 Å². The normalized spacial score (nSPS) is 10.8. The van der Waals surface area contributed by atoms with E-state index in [9.17, 15) is 4.79 Å². The number of rotatable bonds is 6. The Kier molecular flexibility index (Phi) is 4.87. The molecular formula is C16H17N5OS. The molecule has 118 valence electrons. The van der Waals surface area contributed by atoms with Crippen molar-refractivity contribution in [2.45, 2.75) is 32.6 Å². The van der Waals surface area contributed by atoms with Crippen LogP contribution in [0.4, 0.5) is 5.13 Å². The Balaban J connectivity index is 1.68. The highest BCUT2D eigenvalue weighted by atomic mass is 32.1. The van der Waals surface area contributed by atoms with Crippen molar-refractivity contribution in [1.29, 1.82) is 0 Å². The van der Waals surface area contributed by atoms with E-state index in [-0.39, 0.29) is 11.6 Å². The van der Waals surface area contributed by atoms with E-state index in [1.54, 1.807) is 0 Å². The van der Waals surface area contributed by atoms with Gasteiger partial charge < -0.3 is 0 Å². The number of anilines is 1. The number of carbonyl (C=O) groups is 1. The Labute approximate surface area is 138 Å². The van der Waals surface area contributed by atoms with E-state index >= 15 is 0 Å². The summed E-state index contributed by atoms with van der Waals surface area (Å²) in [5, 5.41) is 12.3. The summed E-state index contributed by atoms with van der Waals surface area (Å²) in [6.45, 7) is 2.16. The van der Waals surface area contributed by atoms with Gasteiger partial charge >= 0.3 is 0 Å². The van der Waals surface area contributed by atoms with E-state index in [4.69, 9.17) is 0 Å². The molecule has 1 N–H and O–H groups in total. The first kappa shape index (κ1) is 15.5. The van der Waals surface area contributed by atoms with Crippen molar-refractivity contribution in [2.24, 2.45) is 0 Å². The van der Waals surface area contributed by atoms with Crippen LogP contribution in [0, 0.1) is 0 Å². The molecule has 0 aliphatic carbocycles. The van der Waals surface area contributed by atoms with E-state index in [0.717, 1.165) is 23.4 Å². The van der Waals surface area contributed by atoms with Crippen molar-refractivity contribution in [3.05, 3.63) is 41.2 Å². The van der Waals surface area contributed by atoms with Crippen molar-refractivity contribution in [2.75, 3.05) is 5.32 Å². The number of amides is 1. The average molecular weight is 327 g/mol. The van der Waals surface area contributed by atoms with Crippen LogP contribution in [0.5, 0.6) is 0 Å². The van der Waals surface area contributed by atoms with Crippen molar-refractivity contribution in [3.8, 4) is 0 Å². The second-order valence-electron chi connectivity index (χ2n) is 5.16. The van der Waals surface area contributed by atoms with Crippen molar-refractivity contribution < 1.29 is 4.79 Å². The molecule has 0 bridgehead atoms. The van der Waals surface area contributed by atoms with Gasteiger partial charge in [0.25, 0.3) is 5.91 Å². The number of fused-ring (bicyclic) bond motifs is 1. The number of carbonyl (C=O) groups excluding carboxylic acids is 1. The fourth-order valence-electron chi connectivity index (χ4n) is 2.16. The molecule has 0 saturated carbocycles. The Hall–Kier alpha value is -2.41. The molecule has 3 aromatic rings. The SMILES string of the molecule is CCCCCc1nnc(NC(=O)c2cnc3ccccc3n2)s1. The van der Waals surface area contributed by atoms with Crippen LogP contribution in [0.2, 0.25) is 0 Å². The van der Waals surface area contributed by atoms with Gasteiger partial charge in [-0.2, -0.15) is 0 Å². The minimum atomic E-state index is -0.320. The fourth-order valence-corrected chi connectivity index (χ4v) is 2.94. The van der Waals surface area contributed by atoms with Crippen molar-refractivity contribution >= 4 is 33.4 Å². The third-order valence-electron chi connectivity index (χ3n) is 3.36. The molecule has 1 aromatic carbocycles. The molecule has 7 heteroatoms. The van der Waals surface area contributed by atoms with Crippen LogP contribution in [0.1, 0.15) is 41.7 Å². The number of hydrogen-bond donors (Lipinski definition) is 1. The lowest BCUT2D eigenvalue weighted by atomic mass is 10.2. The second kappa shape index (κ2) is 7.23. The first-order chi connectivity index (χ1) is 11.3. The van der Waals surface area contributed by atoms with Gasteiger partial charge in [0.2, 0.25) is 5.13 Å². The zero-order valence-electron chi connectivity index (χ0n) is 12.8. The van der Waals surface area contributed by atoms with Crippen LogP contribution in [0.15, 0.2) is 30.5 Å².